The van der Waals surface area contributed by atoms with Crippen LogP contribution in [0.4, 0.5) is 0 Å². The van der Waals surface area contributed by atoms with Crippen molar-refractivity contribution in [1.82, 2.24) is 9.80 Å². The predicted molar refractivity (Wildman–Crippen MR) is 350 cm³/mol. The van der Waals surface area contributed by atoms with Gasteiger partial charge in [-0.1, -0.05) is 150 Å². The number of ketones is 2. The average Bonchev–Trinajstić information content (AvgIpc) is 3.50. The monoisotopic (exact) mass is 1240 g/mol. The minimum atomic E-state index is -0.831. The number of azide groups is 1. The first-order chi connectivity index (χ1) is 41.8. The molecule has 2 aliphatic heterocycles. The minimum absolute atomic E-state index is 0. The molecule has 479 valence electrons. The van der Waals surface area contributed by atoms with Gasteiger partial charge in [-0.2, -0.15) is 0 Å². The number of aryl methyl sites for hydroxylation is 2. The fourth-order valence-electron chi connectivity index (χ4n) is 9.93. The first kappa shape index (κ1) is 75.5. The van der Waals surface area contributed by atoms with Crippen LogP contribution in [0.2, 0.25) is 0 Å². The van der Waals surface area contributed by atoms with Crippen LogP contribution < -0.4 is 40.6 Å². The van der Waals surface area contributed by atoms with Gasteiger partial charge in [0.1, 0.15) is 24.3 Å². The molecule has 0 aromatic heterocycles. The number of carbonyl (C=O) groups is 6. The molecule has 2 fully saturated rings. The van der Waals surface area contributed by atoms with Gasteiger partial charge in [0.05, 0.1) is 35.0 Å². The van der Waals surface area contributed by atoms with Crippen molar-refractivity contribution in [2.75, 3.05) is 54.6 Å². The molecule has 0 aliphatic carbocycles. The third-order valence-corrected chi connectivity index (χ3v) is 18.5. The van der Waals surface area contributed by atoms with Crippen LogP contribution in [0.15, 0.2) is 133 Å². The van der Waals surface area contributed by atoms with Gasteiger partial charge in [-0.3, -0.25) is 19.2 Å². The second-order valence-corrected chi connectivity index (χ2v) is 24.9. The molecule has 21 heteroatoms. The Morgan fingerprint density at radius 1 is 0.573 bits per heavy atom. The lowest BCUT2D eigenvalue weighted by molar-refractivity contribution is -0.164. The van der Waals surface area contributed by atoms with Crippen molar-refractivity contribution in [2.24, 2.45) is 21.7 Å². The highest BCUT2D eigenvalue weighted by Gasteiger charge is 2.43. The Balaban J connectivity index is 0.000000358. The topological polar surface area (TPSA) is 271 Å². The lowest BCUT2D eigenvalue weighted by Gasteiger charge is -2.36. The van der Waals surface area contributed by atoms with Gasteiger partial charge in [0.25, 0.3) is 11.8 Å². The maximum Gasteiger partial charge on any atom is 0.329 e. The van der Waals surface area contributed by atoms with Crippen LogP contribution >= 0.6 is 7.92 Å². The molecule has 3 radical (unpaired) electrons. The highest BCUT2D eigenvalue weighted by Crippen LogP contribution is 2.34. The molecule has 19 nitrogen and oxygen atoms in total. The van der Waals surface area contributed by atoms with E-state index in [9.17, 15) is 28.8 Å². The van der Waals surface area contributed by atoms with Crippen molar-refractivity contribution >= 4 is 67.6 Å². The molecule has 2 saturated heterocycles. The number of ether oxygens (including phenoxy) is 6. The van der Waals surface area contributed by atoms with Crippen LogP contribution in [0.5, 0.6) is 23.0 Å². The number of amides is 2. The summed E-state index contributed by atoms with van der Waals surface area (Å²) >= 11 is 0. The number of piperidine rings is 2. The quantitative estimate of drug-likeness (QED) is 0.0103. The van der Waals surface area contributed by atoms with Crippen LogP contribution in [-0.2, 0) is 51.1 Å². The molecule has 0 spiro atoms. The van der Waals surface area contributed by atoms with Crippen molar-refractivity contribution in [3.8, 4) is 23.0 Å². The summed E-state index contributed by atoms with van der Waals surface area (Å²) in [7, 11) is 5.83. The lowest BCUT2D eigenvalue weighted by atomic mass is 9.84. The molecule has 2 aliphatic rings. The van der Waals surface area contributed by atoms with Gasteiger partial charge in [-0.15, -0.1) is 0 Å². The third kappa shape index (κ3) is 21.8. The van der Waals surface area contributed by atoms with Gasteiger partial charge in [-0.05, 0) is 142 Å². The van der Waals surface area contributed by atoms with E-state index in [2.05, 4.69) is 101 Å². The Morgan fingerprint density at radius 2 is 0.933 bits per heavy atom. The number of nitrogens with zero attached hydrogens (tertiary/aromatic N) is 5. The molecule has 0 unspecified atom stereocenters. The first-order valence-corrected chi connectivity index (χ1v) is 31.4. The number of rotatable bonds is 26. The maximum absolute atomic E-state index is 13.1. The summed E-state index contributed by atoms with van der Waals surface area (Å²) in [4.78, 5) is 83.0. The molecule has 2 amide bonds. The lowest BCUT2D eigenvalue weighted by Crippen LogP contribution is -2.53. The molecule has 0 bridgehead atoms. The van der Waals surface area contributed by atoms with Gasteiger partial charge in [0, 0.05) is 43.8 Å². The highest BCUT2D eigenvalue weighted by molar-refractivity contribution is 7.79. The zero-order chi connectivity index (χ0) is 63.5. The number of carbonyl (C=O) groups excluding carboxylic acids is 6. The van der Waals surface area contributed by atoms with E-state index in [0.29, 0.717) is 87.5 Å². The van der Waals surface area contributed by atoms with E-state index in [-0.39, 0.29) is 27.0 Å². The molecule has 4 atom stereocenters. The summed E-state index contributed by atoms with van der Waals surface area (Å²) in [5, 5.41) is 7.79. The molecule has 2 heterocycles. The zero-order valence-corrected chi connectivity index (χ0v) is 54.4. The van der Waals surface area contributed by atoms with Crippen molar-refractivity contribution < 1.29 is 62.7 Å². The van der Waals surface area contributed by atoms with Crippen LogP contribution in [0.3, 0.4) is 0 Å². The van der Waals surface area contributed by atoms with E-state index < -0.39 is 78.4 Å². The van der Waals surface area contributed by atoms with Gasteiger partial charge < -0.3 is 49.4 Å². The summed E-state index contributed by atoms with van der Waals surface area (Å²) in [6, 6.07) is 41.9. The number of nitrogens with two attached hydrogens (primary N) is 1. The number of esters is 2. The summed E-state index contributed by atoms with van der Waals surface area (Å²) in [6.45, 7) is 11.5. The summed E-state index contributed by atoms with van der Waals surface area (Å²) in [5.41, 5.74) is 15.0. The Bertz CT molecular complexity index is 2990. The maximum atomic E-state index is 13.1. The van der Waals surface area contributed by atoms with Crippen LogP contribution in [-0.4, -0.2) is 138 Å². The van der Waals surface area contributed by atoms with Gasteiger partial charge in [-0.25, -0.2) is 9.59 Å². The van der Waals surface area contributed by atoms with Crippen LogP contribution in [0, 0.1) is 10.8 Å². The van der Waals surface area contributed by atoms with Gasteiger partial charge >= 0.3 is 11.9 Å². The Labute approximate surface area is 528 Å². The molecule has 89 heavy (non-hydrogen) atoms. The fraction of sp³-hybridized carbons (Fsp3) is 0.471. The Hall–Kier alpha value is -7.76. The molecule has 7 rings (SSSR count). The first-order valence-electron chi connectivity index (χ1n) is 30.0. The molecule has 0 saturated carbocycles. The number of hydrogen-bond donors (Lipinski definition) is 1. The van der Waals surface area contributed by atoms with E-state index in [4.69, 9.17) is 39.7 Å². The third-order valence-electron chi connectivity index (χ3n) is 16.1. The second kappa shape index (κ2) is 37.9. The largest absolute Gasteiger partial charge is 0.493 e. The van der Waals surface area contributed by atoms with Crippen LogP contribution in [0.1, 0.15) is 117 Å². The number of hydrogen-bond acceptors (Lipinski definition) is 14. The van der Waals surface area contributed by atoms with Gasteiger partial charge in [0.2, 0.25) is 11.6 Å². The second-order valence-electron chi connectivity index (χ2n) is 22.7. The molecule has 5 aromatic rings. The van der Waals surface area contributed by atoms with E-state index in [1.807, 2.05) is 44.2 Å². The molecular weight excluding hydrogens is 1150 g/mol. The molecule has 5 aromatic carbocycles. The average molecular weight is 1240 g/mol. The standard InChI is InChI=1S/C25H36N4O6.C25H38N2O6.C18H15P.B.H2O/c1-6-25(2,3)22(30)23(31)29-14-8-7-9-19(29)24(32)35-18(16-27-28-26)12-10-17-11-13-20(33-4)21(15-17)34-5;1-6-25(2,3)22(28)23(29)27-14-8-7-9-19(27)24(30)33-18(16-26)12-10-17-11-13-20(31-4)21(15-17)32-5;1-4-10-16(11-5-1)19(17-12-6-2-7-13-17)18-14-8-3-9-15-18;;/h11,13,15,18-19H,6-10,12,14,16H2,1-5H3;11,13,15,18-19H,6-10,12,14,16,26H2,1-5H3;1-15H;;1H2/t2*18-,19+;;;/m11.../s1. The SMILES string of the molecule is CCC(C)(C)C(=O)C(=O)N1CCCC[C@H]1C(=O)O[C@@H](CN)CCc1ccc(OC)c(OC)c1.CCC(C)(C)C(=O)C(=O)N1CCCC[C@H]1C(=O)O[C@H](CCc1ccc(OC)c(OC)c1)CN=[N+]=[N-].O.[B].c1ccc(P(c2ccccc2)c2ccccc2)cc1. The van der Waals surface area contributed by atoms with Crippen LogP contribution in [0.25, 0.3) is 10.4 Å². The van der Waals surface area contributed by atoms with Crippen molar-refractivity contribution in [3.05, 3.63) is 149 Å². The molecule has 4 N–H and O–H groups in total. The summed E-state index contributed by atoms with van der Waals surface area (Å²) in [5.74, 6) is -0.807. The highest BCUT2D eigenvalue weighted by atomic mass is 31.1. The predicted octanol–water partition coefficient (Wildman–Crippen LogP) is 9.38. The Kier molecular flexibility index (Phi) is 32.2. The van der Waals surface area contributed by atoms with E-state index >= 15 is 0 Å². The molecular formula is C68H91BN6O13P. The normalized spacial score (nSPS) is 15.2. The number of benzene rings is 5. The van der Waals surface area contributed by atoms with Crippen molar-refractivity contribution in [1.29, 1.82) is 0 Å². The summed E-state index contributed by atoms with van der Waals surface area (Å²) < 4.78 is 32.6. The van der Waals surface area contributed by atoms with Crippen molar-refractivity contribution in [2.45, 2.75) is 143 Å². The number of likely N-dealkylation sites (tertiary alicyclic amines) is 2. The van der Waals surface area contributed by atoms with E-state index in [0.717, 1.165) is 36.8 Å². The fourth-order valence-corrected chi connectivity index (χ4v) is 12.2. The Morgan fingerprint density at radius 3 is 1.27 bits per heavy atom. The van der Waals surface area contributed by atoms with Crippen molar-refractivity contribution in [3.63, 3.8) is 0 Å². The summed E-state index contributed by atoms with van der Waals surface area (Å²) in [6.07, 6.45) is 5.94. The zero-order valence-electron chi connectivity index (χ0n) is 53.5. The number of Topliss-reactive ketones (excluding diaryl/α,β-unsaturated/α-hetero) is 2. The van der Waals surface area contributed by atoms with Gasteiger partial charge in [0.15, 0.2) is 23.0 Å². The van der Waals surface area contributed by atoms with E-state index in [1.54, 1.807) is 62.2 Å². The smallest absolute Gasteiger partial charge is 0.329 e. The minimum Gasteiger partial charge on any atom is -0.493 e. The number of methoxy groups -OCH3 is 4. The van der Waals surface area contributed by atoms with E-state index in [1.165, 1.54) is 25.7 Å².